The summed E-state index contributed by atoms with van der Waals surface area (Å²) < 4.78 is 38.5. The Hall–Kier alpha value is -2.42. The molecule has 132 valence electrons. The van der Waals surface area contributed by atoms with Crippen molar-refractivity contribution in [3.05, 3.63) is 48.4 Å². The summed E-state index contributed by atoms with van der Waals surface area (Å²) in [6, 6.07) is 5.40. The zero-order chi connectivity index (χ0) is 17.9. The van der Waals surface area contributed by atoms with E-state index in [2.05, 4.69) is 15.3 Å². The molecule has 0 unspecified atom stereocenters. The average Bonchev–Trinajstić information content (AvgIpc) is 2.62. The summed E-state index contributed by atoms with van der Waals surface area (Å²) in [5, 5.41) is 3.54. The number of rotatable bonds is 2. The van der Waals surface area contributed by atoms with Crippen LogP contribution in [-0.4, -0.2) is 46.2 Å². The van der Waals surface area contributed by atoms with Gasteiger partial charge in [0, 0.05) is 44.3 Å². The zero-order valence-corrected chi connectivity index (χ0v) is 14.0. The highest BCUT2D eigenvalue weighted by Crippen LogP contribution is 2.31. The molecule has 0 saturated carbocycles. The van der Waals surface area contributed by atoms with E-state index in [0.717, 1.165) is 6.07 Å². The van der Waals surface area contributed by atoms with Gasteiger partial charge in [-0.2, -0.15) is 13.2 Å². The first-order valence-corrected chi connectivity index (χ1v) is 8.08. The molecule has 3 rings (SSSR count). The Kier molecular flexibility index (Phi) is 5.03. The Morgan fingerprint density at radius 3 is 2.52 bits per heavy atom. The van der Waals surface area contributed by atoms with Crippen molar-refractivity contribution in [2.75, 3.05) is 36.4 Å². The normalized spacial score (nSPS) is 15.2. The van der Waals surface area contributed by atoms with E-state index in [1.807, 2.05) is 9.80 Å². The second-order valence-electron chi connectivity index (χ2n) is 5.54. The molecule has 0 spiro atoms. The largest absolute Gasteiger partial charge is 0.416 e. The number of piperazine rings is 1. The molecule has 1 N–H and O–H groups in total. The van der Waals surface area contributed by atoms with Crippen LogP contribution in [0.15, 0.2) is 42.9 Å². The molecule has 1 aromatic heterocycles. The summed E-state index contributed by atoms with van der Waals surface area (Å²) in [6.45, 7) is 2.40. The Labute approximate surface area is 148 Å². The maximum atomic E-state index is 12.8. The molecule has 1 saturated heterocycles. The minimum Gasteiger partial charge on any atom is -0.368 e. The number of thiocarbonyl (C=S) groups is 1. The molecule has 2 aromatic rings. The molecule has 25 heavy (non-hydrogen) atoms. The van der Waals surface area contributed by atoms with Crippen molar-refractivity contribution in [1.29, 1.82) is 0 Å². The van der Waals surface area contributed by atoms with E-state index in [-0.39, 0.29) is 0 Å². The number of anilines is 2. The summed E-state index contributed by atoms with van der Waals surface area (Å²) in [5.41, 5.74) is -0.0606. The molecule has 0 atom stereocenters. The highest BCUT2D eigenvalue weighted by molar-refractivity contribution is 7.80. The molecule has 1 fully saturated rings. The van der Waals surface area contributed by atoms with E-state index in [1.54, 1.807) is 24.7 Å². The number of nitrogens with zero attached hydrogens (tertiary/aromatic N) is 4. The van der Waals surface area contributed by atoms with Gasteiger partial charge in [-0.3, -0.25) is 4.98 Å². The standard InChI is InChI=1S/C16H16F3N5S/c17-16(18,19)12-2-1-3-13(10-12)23-6-8-24(9-7-23)15(25)22-14-11-20-4-5-21-14/h1-5,10-11H,6-9H2,(H,21,22,25). The minimum atomic E-state index is -4.33. The fourth-order valence-corrected chi connectivity index (χ4v) is 2.89. The van der Waals surface area contributed by atoms with Gasteiger partial charge in [-0.25, -0.2) is 4.98 Å². The van der Waals surface area contributed by atoms with E-state index in [4.69, 9.17) is 12.2 Å². The average molecular weight is 367 g/mol. The highest BCUT2D eigenvalue weighted by atomic mass is 32.1. The van der Waals surface area contributed by atoms with Crippen molar-refractivity contribution < 1.29 is 13.2 Å². The molecule has 0 amide bonds. The van der Waals surface area contributed by atoms with Gasteiger partial charge in [-0.05, 0) is 30.4 Å². The van der Waals surface area contributed by atoms with Gasteiger partial charge < -0.3 is 15.1 Å². The molecule has 1 aliphatic rings. The first-order chi connectivity index (χ1) is 11.9. The van der Waals surface area contributed by atoms with Crippen LogP contribution in [0.4, 0.5) is 24.7 Å². The molecular formula is C16H16F3N5S. The van der Waals surface area contributed by atoms with E-state index < -0.39 is 11.7 Å². The number of halogens is 3. The number of aromatic nitrogens is 2. The Balaban J connectivity index is 1.59. The van der Waals surface area contributed by atoms with Crippen molar-refractivity contribution in [2.24, 2.45) is 0 Å². The van der Waals surface area contributed by atoms with Crippen LogP contribution in [0.3, 0.4) is 0 Å². The first-order valence-electron chi connectivity index (χ1n) is 7.67. The topological polar surface area (TPSA) is 44.3 Å². The predicted molar refractivity (Wildman–Crippen MR) is 93.5 cm³/mol. The van der Waals surface area contributed by atoms with Gasteiger partial charge in [0.25, 0.3) is 0 Å². The van der Waals surface area contributed by atoms with Crippen LogP contribution in [-0.2, 0) is 6.18 Å². The molecule has 5 nitrogen and oxygen atoms in total. The zero-order valence-electron chi connectivity index (χ0n) is 13.2. The maximum absolute atomic E-state index is 12.8. The third kappa shape index (κ3) is 4.36. The van der Waals surface area contributed by atoms with E-state index in [1.165, 1.54) is 12.1 Å². The van der Waals surface area contributed by atoms with Gasteiger partial charge in [0.1, 0.15) is 0 Å². The molecule has 1 aliphatic heterocycles. The number of hydrogen-bond donors (Lipinski definition) is 1. The van der Waals surface area contributed by atoms with Gasteiger partial charge in [0.05, 0.1) is 11.8 Å². The van der Waals surface area contributed by atoms with E-state index in [9.17, 15) is 13.2 Å². The van der Waals surface area contributed by atoms with Crippen molar-refractivity contribution in [3.8, 4) is 0 Å². The van der Waals surface area contributed by atoms with Crippen LogP contribution in [0.2, 0.25) is 0 Å². The Bertz CT molecular complexity index is 730. The Morgan fingerprint density at radius 2 is 1.88 bits per heavy atom. The lowest BCUT2D eigenvalue weighted by molar-refractivity contribution is -0.137. The van der Waals surface area contributed by atoms with Crippen molar-refractivity contribution >= 4 is 28.8 Å². The van der Waals surface area contributed by atoms with Crippen LogP contribution in [0.25, 0.3) is 0 Å². The first kappa shape index (κ1) is 17.4. The monoisotopic (exact) mass is 367 g/mol. The van der Waals surface area contributed by atoms with Gasteiger partial charge in [0.2, 0.25) is 0 Å². The van der Waals surface area contributed by atoms with Crippen molar-refractivity contribution in [2.45, 2.75) is 6.18 Å². The summed E-state index contributed by atoms with van der Waals surface area (Å²) in [4.78, 5) is 12.0. The summed E-state index contributed by atoms with van der Waals surface area (Å²) in [6.07, 6.45) is 0.379. The van der Waals surface area contributed by atoms with Crippen LogP contribution < -0.4 is 10.2 Å². The highest BCUT2D eigenvalue weighted by Gasteiger charge is 2.31. The van der Waals surface area contributed by atoms with Crippen LogP contribution in [0, 0.1) is 0 Å². The van der Waals surface area contributed by atoms with Gasteiger partial charge in [-0.1, -0.05) is 6.07 Å². The fourth-order valence-electron chi connectivity index (χ4n) is 2.60. The quantitative estimate of drug-likeness (QED) is 0.824. The Morgan fingerprint density at radius 1 is 1.12 bits per heavy atom. The number of nitrogens with one attached hydrogen (secondary N) is 1. The number of benzene rings is 1. The van der Waals surface area contributed by atoms with Crippen LogP contribution >= 0.6 is 12.2 Å². The second-order valence-corrected chi connectivity index (χ2v) is 5.93. The number of alkyl halides is 3. The van der Waals surface area contributed by atoms with Gasteiger partial charge in [-0.15, -0.1) is 0 Å². The molecule has 9 heteroatoms. The summed E-state index contributed by atoms with van der Waals surface area (Å²) >= 11 is 5.36. The third-order valence-corrected chi connectivity index (χ3v) is 4.26. The number of hydrogen-bond acceptors (Lipinski definition) is 4. The maximum Gasteiger partial charge on any atom is 0.416 e. The van der Waals surface area contributed by atoms with Gasteiger partial charge in [0.15, 0.2) is 10.9 Å². The molecule has 2 heterocycles. The summed E-state index contributed by atoms with van der Waals surface area (Å²) in [7, 11) is 0. The predicted octanol–water partition coefficient (Wildman–Crippen LogP) is 3.01. The van der Waals surface area contributed by atoms with Crippen molar-refractivity contribution in [3.63, 3.8) is 0 Å². The smallest absolute Gasteiger partial charge is 0.368 e. The van der Waals surface area contributed by atoms with Gasteiger partial charge >= 0.3 is 6.18 Å². The SMILES string of the molecule is FC(F)(F)c1cccc(N2CCN(C(=S)Nc3cnccn3)CC2)c1. The van der Waals surface area contributed by atoms with Crippen LogP contribution in [0.1, 0.15) is 5.56 Å². The summed E-state index contributed by atoms with van der Waals surface area (Å²) in [5.74, 6) is 0.563. The molecule has 0 radical (unpaired) electrons. The minimum absolute atomic E-state index is 0.532. The fraction of sp³-hybridized carbons (Fsp3) is 0.312. The lowest BCUT2D eigenvalue weighted by Gasteiger charge is -2.37. The lowest BCUT2D eigenvalue weighted by Crippen LogP contribution is -2.50. The second kappa shape index (κ2) is 7.22. The third-order valence-electron chi connectivity index (χ3n) is 3.90. The lowest BCUT2D eigenvalue weighted by atomic mass is 10.1. The van der Waals surface area contributed by atoms with Crippen LogP contribution in [0.5, 0.6) is 0 Å². The molecule has 0 bridgehead atoms. The van der Waals surface area contributed by atoms with E-state index >= 15 is 0 Å². The van der Waals surface area contributed by atoms with E-state index in [0.29, 0.717) is 42.8 Å². The molecule has 1 aromatic carbocycles. The molecular weight excluding hydrogens is 351 g/mol. The molecule has 0 aliphatic carbocycles. The van der Waals surface area contributed by atoms with Crippen molar-refractivity contribution in [1.82, 2.24) is 14.9 Å².